The highest BCUT2D eigenvalue weighted by Crippen LogP contribution is 2.26. The van der Waals surface area contributed by atoms with Crippen LogP contribution in [0, 0.1) is 0 Å². The molecule has 3 nitrogen and oxygen atoms in total. The second-order valence-corrected chi connectivity index (χ2v) is 2.49. The molecule has 0 spiro atoms. The summed E-state index contributed by atoms with van der Waals surface area (Å²) in [5.41, 5.74) is 1.81. The molecule has 11 heavy (non-hydrogen) atoms. The van der Waals surface area contributed by atoms with E-state index < -0.39 is 0 Å². The second kappa shape index (κ2) is 2.51. The van der Waals surface area contributed by atoms with Crippen LogP contribution in [-0.4, -0.2) is 16.7 Å². The van der Waals surface area contributed by atoms with Crippen LogP contribution in [0.5, 0.6) is 5.75 Å². The smallest absolute Gasteiger partial charge is 0.126 e. The summed E-state index contributed by atoms with van der Waals surface area (Å²) < 4.78 is 5.29. The lowest BCUT2D eigenvalue weighted by Crippen LogP contribution is -1.93. The molecule has 3 heteroatoms. The van der Waals surface area contributed by atoms with Gasteiger partial charge >= 0.3 is 0 Å². The molecule has 0 bridgehead atoms. The predicted molar refractivity (Wildman–Crippen MR) is 39.4 cm³/mol. The molecule has 1 N–H and O–H groups in total. The normalized spacial score (nSPS) is 14.3. The zero-order chi connectivity index (χ0) is 7.68. The Hall–Kier alpha value is -1.09. The highest BCUT2D eigenvalue weighted by molar-refractivity contribution is 5.38. The Morgan fingerprint density at radius 3 is 3.36 bits per heavy atom. The van der Waals surface area contributed by atoms with E-state index in [1.54, 1.807) is 6.20 Å². The fraction of sp³-hybridized carbons (Fsp3) is 0.375. The van der Waals surface area contributed by atoms with E-state index in [4.69, 9.17) is 9.84 Å². The SMILES string of the molecule is OCc1nccc2c1CCO2. The molecule has 1 aliphatic heterocycles. The summed E-state index contributed by atoms with van der Waals surface area (Å²) in [5, 5.41) is 8.88. The summed E-state index contributed by atoms with van der Waals surface area (Å²) in [7, 11) is 0. The van der Waals surface area contributed by atoms with Crippen molar-refractivity contribution in [2.24, 2.45) is 0 Å². The van der Waals surface area contributed by atoms with Crippen LogP contribution < -0.4 is 4.74 Å². The first-order valence-corrected chi connectivity index (χ1v) is 3.62. The third-order valence-corrected chi connectivity index (χ3v) is 1.86. The zero-order valence-corrected chi connectivity index (χ0v) is 6.08. The standard InChI is InChI=1S/C8H9NO2/c10-5-7-6-2-4-11-8(6)1-3-9-7/h1,3,10H,2,4-5H2. The average Bonchev–Trinajstić information content (AvgIpc) is 2.50. The van der Waals surface area contributed by atoms with E-state index in [9.17, 15) is 0 Å². The maximum absolute atomic E-state index is 8.88. The Labute approximate surface area is 64.6 Å². The Morgan fingerprint density at radius 1 is 1.64 bits per heavy atom. The molecule has 0 fully saturated rings. The Morgan fingerprint density at radius 2 is 2.55 bits per heavy atom. The number of nitrogens with zero attached hydrogens (tertiary/aromatic N) is 1. The van der Waals surface area contributed by atoms with Gasteiger partial charge in [0.2, 0.25) is 0 Å². The highest BCUT2D eigenvalue weighted by Gasteiger charge is 2.15. The van der Waals surface area contributed by atoms with Crippen molar-refractivity contribution in [3.63, 3.8) is 0 Å². The highest BCUT2D eigenvalue weighted by atomic mass is 16.5. The lowest BCUT2D eigenvalue weighted by Gasteiger charge is -2.00. The molecular formula is C8H9NO2. The van der Waals surface area contributed by atoms with E-state index >= 15 is 0 Å². The zero-order valence-electron chi connectivity index (χ0n) is 6.08. The Balaban J connectivity index is 2.50. The summed E-state index contributed by atoms with van der Waals surface area (Å²) in [6, 6.07) is 1.83. The third-order valence-electron chi connectivity index (χ3n) is 1.86. The monoisotopic (exact) mass is 151 g/mol. The largest absolute Gasteiger partial charge is 0.493 e. The van der Waals surface area contributed by atoms with E-state index in [0.717, 1.165) is 23.4 Å². The van der Waals surface area contributed by atoms with Gasteiger partial charge in [0.15, 0.2) is 0 Å². The summed E-state index contributed by atoms with van der Waals surface area (Å²) in [4.78, 5) is 4.04. The summed E-state index contributed by atoms with van der Waals surface area (Å²) in [6.07, 6.45) is 2.54. The number of aliphatic hydroxyl groups excluding tert-OH is 1. The molecule has 1 aromatic rings. The van der Waals surface area contributed by atoms with Crippen molar-refractivity contribution >= 4 is 0 Å². The van der Waals surface area contributed by atoms with Crippen LogP contribution in [0.3, 0.4) is 0 Å². The minimum atomic E-state index is 0.00648. The molecule has 2 rings (SSSR count). The molecule has 0 amide bonds. The van der Waals surface area contributed by atoms with Gasteiger partial charge in [0.1, 0.15) is 5.75 Å². The first-order chi connectivity index (χ1) is 5.42. The van der Waals surface area contributed by atoms with Gasteiger partial charge in [0, 0.05) is 18.2 Å². The fourth-order valence-electron chi connectivity index (χ4n) is 1.32. The minimum Gasteiger partial charge on any atom is -0.493 e. The summed E-state index contributed by atoms with van der Waals surface area (Å²) in [5.74, 6) is 0.879. The molecule has 0 radical (unpaired) electrons. The number of ether oxygens (including phenoxy) is 1. The summed E-state index contributed by atoms with van der Waals surface area (Å²) >= 11 is 0. The van der Waals surface area contributed by atoms with Crippen molar-refractivity contribution in [2.45, 2.75) is 13.0 Å². The summed E-state index contributed by atoms with van der Waals surface area (Å²) in [6.45, 7) is 0.723. The van der Waals surface area contributed by atoms with Gasteiger partial charge in [-0.05, 0) is 6.07 Å². The van der Waals surface area contributed by atoms with Crippen LogP contribution in [0.25, 0.3) is 0 Å². The van der Waals surface area contributed by atoms with Gasteiger partial charge in [-0.25, -0.2) is 0 Å². The fourth-order valence-corrected chi connectivity index (χ4v) is 1.32. The molecule has 0 atom stereocenters. The van der Waals surface area contributed by atoms with Crippen molar-refractivity contribution in [3.8, 4) is 5.75 Å². The van der Waals surface area contributed by atoms with Gasteiger partial charge in [-0.2, -0.15) is 0 Å². The van der Waals surface area contributed by atoms with Gasteiger partial charge in [-0.15, -0.1) is 0 Å². The van der Waals surface area contributed by atoms with Gasteiger partial charge in [0.25, 0.3) is 0 Å². The Bertz CT molecular complexity index is 273. The maximum atomic E-state index is 8.88. The van der Waals surface area contributed by atoms with Crippen LogP contribution >= 0.6 is 0 Å². The van der Waals surface area contributed by atoms with Crippen molar-refractivity contribution in [2.75, 3.05) is 6.61 Å². The molecule has 0 aliphatic carbocycles. The second-order valence-electron chi connectivity index (χ2n) is 2.49. The molecule has 0 saturated carbocycles. The minimum absolute atomic E-state index is 0.00648. The number of aliphatic hydroxyl groups is 1. The molecule has 2 heterocycles. The van der Waals surface area contributed by atoms with Crippen LogP contribution in [0.2, 0.25) is 0 Å². The number of aromatic nitrogens is 1. The van der Waals surface area contributed by atoms with Crippen molar-refractivity contribution in [1.82, 2.24) is 4.98 Å². The first-order valence-electron chi connectivity index (χ1n) is 3.62. The lowest BCUT2D eigenvalue weighted by atomic mass is 10.1. The van der Waals surface area contributed by atoms with Crippen LogP contribution in [0.15, 0.2) is 12.3 Å². The first kappa shape index (κ1) is 6.61. The van der Waals surface area contributed by atoms with E-state index in [2.05, 4.69) is 4.98 Å². The number of fused-ring (bicyclic) bond motifs is 1. The van der Waals surface area contributed by atoms with E-state index in [0.29, 0.717) is 6.61 Å². The van der Waals surface area contributed by atoms with Gasteiger partial charge in [0.05, 0.1) is 18.9 Å². The average molecular weight is 151 g/mol. The number of rotatable bonds is 1. The third kappa shape index (κ3) is 0.973. The topological polar surface area (TPSA) is 42.4 Å². The molecule has 1 aromatic heterocycles. The van der Waals surface area contributed by atoms with Gasteiger partial charge < -0.3 is 9.84 Å². The van der Waals surface area contributed by atoms with Crippen molar-refractivity contribution in [3.05, 3.63) is 23.5 Å². The van der Waals surface area contributed by atoms with E-state index in [-0.39, 0.29) is 6.61 Å². The van der Waals surface area contributed by atoms with Crippen LogP contribution in [0.1, 0.15) is 11.3 Å². The molecule has 58 valence electrons. The van der Waals surface area contributed by atoms with Gasteiger partial charge in [-0.1, -0.05) is 0 Å². The molecule has 1 aliphatic rings. The number of hydrogen-bond donors (Lipinski definition) is 1. The molecule has 0 aromatic carbocycles. The Kier molecular flexibility index (Phi) is 1.51. The van der Waals surface area contributed by atoms with Gasteiger partial charge in [-0.3, -0.25) is 4.98 Å². The number of hydrogen-bond acceptors (Lipinski definition) is 3. The van der Waals surface area contributed by atoms with E-state index in [1.165, 1.54) is 0 Å². The van der Waals surface area contributed by atoms with Crippen molar-refractivity contribution < 1.29 is 9.84 Å². The molecule has 0 unspecified atom stereocenters. The van der Waals surface area contributed by atoms with Crippen LogP contribution in [-0.2, 0) is 13.0 Å². The van der Waals surface area contributed by atoms with E-state index in [1.807, 2.05) is 6.07 Å². The molecular weight excluding hydrogens is 142 g/mol. The van der Waals surface area contributed by atoms with Crippen LogP contribution in [0.4, 0.5) is 0 Å². The maximum Gasteiger partial charge on any atom is 0.126 e. The number of pyridine rings is 1. The van der Waals surface area contributed by atoms with Crippen molar-refractivity contribution in [1.29, 1.82) is 0 Å². The molecule has 0 saturated heterocycles. The lowest BCUT2D eigenvalue weighted by molar-refractivity contribution is 0.275. The predicted octanol–water partition coefficient (Wildman–Crippen LogP) is 0.509. The quantitative estimate of drug-likeness (QED) is 0.635.